The fraction of sp³-hybridized carbons (Fsp3) is 0.111. The van der Waals surface area contributed by atoms with Gasteiger partial charge in [-0.3, -0.25) is 9.89 Å². The van der Waals surface area contributed by atoms with Gasteiger partial charge >= 0.3 is 0 Å². The zero-order chi connectivity index (χ0) is 17.8. The summed E-state index contributed by atoms with van der Waals surface area (Å²) in [6, 6.07) is 12.1. The summed E-state index contributed by atoms with van der Waals surface area (Å²) in [7, 11) is 0. The molecule has 128 valence electrons. The predicted molar refractivity (Wildman–Crippen MR) is 92.7 cm³/mol. The standard InChI is InChI=1S/C18H15ClFN3O2/c19-13-6-4-11(5-7-13)16(10-24)22-18(25)15-9-21-23-17(15)12-2-1-3-14(20)8-12/h1-9,16,24H,10H2,(H,21,23)(H,22,25)/t16-/m1/s1. The number of hydrogen-bond donors (Lipinski definition) is 3. The van der Waals surface area contributed by atoms with Crippen molar-refractivity contribution in [1.82, 2.24) is 15.5 Å². The van der Waals surface area contributed by atoms with E-state index in [9.17, 15) is 14.3 Å². The number of amides is 1. The Bertz CT molecular complexity index is 880. The van der Waals surface area contributed by atoms with Crippen molar-refractivity contribution in [3.05, 3.63) is 76.7 Å². The minimum atomic E-state index is -0.597. The highest BCUT2D eigenvalue weighted by Crippen LogP contribution is 2.23. The molecule has 0 aliphatic heterocycles. The molecule has 0 fully saturated rings. The molecule has 0 unspecified atom stereocenters. The summed E-state index contributed by atoms with van der Waals surface area (Å²) >= 11 is 5.86. The minimum absolute atomic E-state index is 0.262. The maximum Gasteiger partial charge on any atom is 0.255 e. The van der Waals surface area contributed by atoms with E-state index >= 15 is 0 Å². The van der Waals surface area contributed by atoms with Crippen molar-refractivity contribution >= 4 is 17.5 Å². The Morgan fingerprint density at radius 2 is 2.04 bits per heavy atom. The third-order valence-corrected chi connectivity index (χ3v) is 4.01. The van der Waals surface area contributed by atoms with Gasteiger partial charge in [-0.2, -0.15) is 5.10 Å². The first-order valence-electron chi connectivity index (χ1n) is 7.55. The second kappa shape index (κ2) is 7.46. The number of carbonyl (C=O) groups excluding carboxylic acids is 1. The minimum Gasteiger partial charge on any atom is -0.394 e. The van der Waals surface area contributed by atoms with Crippen LogP contribution in [-0.2, 0) is 0 Å². The molecule has 1 amide bonds. The summed E-state index contributed by atoms with van der Waals surface area (Å²) in [4.78, 5) is 12.6. The number of halogens is 2. The SMILES string of the molecule is O=C(N[C@H](CO)c1ccc(Cl)cc1)c1cn[nH]c1-c1cccc(F)c1. The molecule has 3 N–H and O–H groups in total. The van der Waals surface area contributed by atoms with Gasteiger partial charge in [0.2, 0.25) is 0 Å². The van der Waals surface area contributed by atoms with E-state index in [1.165, 1.54) is 18.3 Å². The first-order chi connectivity index (χ1) is 12.1. The van der Waals surface area contributed by atoms with Gasteiger partial charge in [0.25, 0.3) is 5.91 Å². The number of aliphatic hydroxyl groups is 1. The maximum atomic E-state index is 13.4. The second-order valence-corrected chi connectivity index (χ2v) is 5.87. The van der Waals surface area contributed by atoms with Crippen LogP contribution < -0.4 is 5.32 Å². The van der Waals surface area contributed by atoms with Crippen LogP contribution in [0.4, 0.5) is 4.39 Å². The van der Waals surface area contributed by atoms with Crippen LogP contribution in [0.2, 0.25) is 5.02 Å². The molecular formula is C18H15ClFN3O2. The number of aromatic nitrogens is 2. The molecule has 0 saturated carbocycles. The summed E-state index contributed by atoms with van der Waals surface area (Å²) in [6.07, 6.45) is 1.37. The lowest BCUT2D eigenvalue weighted by atomic mass is 10.1. The largest absolute Gasteiger partial charge is 0.394 e. The molecule has 1 aromatic heterocycles. The Morgan fingerprint density at radius 3 is 2.72 bits per heavy atom. The number of H-pyrrole nitrogens is 1. The molecule has 1 atom stereocenters. The average molecular weight is 360 g/mol. The maximum absolute atomic E-state index is 13.4. The van der Waals surface area contributed by atoms with E-state index in [4.69, 9.17) is 11.6 Å². The summed E-state index contributed by atoms with van der Waals surface area (Å²) in [6.45, 7) is -0.277. The van der Waals surface area contributed by atoms with Crippen LogP contribution in [0.3, 0.4) is 0 Å². The van der Waals surface area contributed by atoms with Gasteiger partial charge in [-0.1, -0.05) is 35.9 Å². The quantitative estimate of drug-likeness (QED) is 0.654. The average Bonchev–Trinajstić information content (AvgIpc) is 3.10. The molecule has 0 aliphatic rings. The summed E-state index contributed by atoms with van der Waals surface area (Å²) in [5, 5.41) is 19.5. The fourth-order valence-corrected chi connectivity index (χ4v) is 2.61. The van der Waals surface area contributed by atoms with Crippen LogP contribution >= 0.6 is 11.6 Å². The molecule has 0 aliphatic carbocycles. The van der Waals surface area contributed by atoms with Crippen LogP contribution in [-0.4, -0.2) is 27.8 Å². The van der Waals surface area contributed by atoms with Gasteiger partial charge in [0.15, 0.2) is 0 Å². The van der Waals surface area contributed by atoms with Crippen molar-refractivity contribution in [2.75, 3.05) is 6.61 Å². The molecule has 25 heavy (non-hydrogen) atoms. The lowest BCUT2D eigenvalue weighted by Gasteiger charge is -2.17. The van der Waals surface area contributed by atoms with E-state index in [2.05, 4.69) is 15.5 Å². The number of carbonyl (C=O) groups is 1. The monoisotopic (exact) mass is 359 g/mol. The van der Waals surface area contributed by atoms with Crippen LogP contribution in [0.1, 0.15) is 22.0 Å². The first kappa shape index (κ1) is 17.1. The topological polar surface area (TPSA) is 78.0 Å². The summed E-state index contributed by atoms with van der Waals surface area (Å²) in [5.74, 6) is -0.838. The lowest BCUT2D eigenvalue weighted by molar-refractivity contribution is 0.0917. The van der Waals surface area contributed by atoms with Crippen LogP contribution in [0.15, 0.2) is 54.7 Å². The van der Waals surface area contributed by atoms with Crippen molar-refractivity contribution in [3.8, 4) is 11.3 Å². The zero-order valence-electron chi connectivity index (χ0n) is 13.0. The predicted octanol–water partition coefficient (Wildman–Crippen LogP) is 3.33. The number of benzene rings is 2. The Labute approximate surface area is 148 Å². The first-order valence-corrected chi connectivity index (χ1v) is 7.93. The summed E-state index contributed by atoms with van der Waals surface area (Å²) in [5.41, 5.74) is 1.90. The fourth-order valence-electron chi connectivity index (χ4n) is 2.49. The highest BCUT2D eigenvalue weighted by Gasteiger charge is 2.20. The highest BCUT2D eigenvalue weighted by atomic mass is 35.5. The molecular weight excluding hydrogens is 345 g/mol. The third kappa shape index (κ3) is 3.87. The van der Waals surface area contributed by atoms with E-state index in [0.29, 0.717) is 16.3 Å². The molecule has 1 heterocycles. The van der Waals surface area contributed by atoms with Gasteiger partial charge in [-0.15, -0.1) is 0 Å². The number of rotatable bonds is 5. The number of aromatic amines is 1. The molecule has 7 heteroatoms. The number of hydrogen-bond acceptors (Lipinski definition) is 3. The lowest BCUT2D eigenvalue weighted by Crippen LogP contribution is -2.30. The van der Waals surface area contributed by atoms with E-state index in [1.54, 1.807) is 36.4 Å². The van der Waals surface area contributed by atoms with Crippen molar-refractivity contribution < 1.29 is 14.3 Å². The number of nitrogens with zero attached hydrogens (tertiary/aromatic N) is 1. The second-order valence-electron chi connectivity index (χ2n) is 5.43. The van der Waals surface area contributed by atoms with Crippen molar-refractivity contribution in [2.24, 2.45) is 0 Å². The molecule has 2 aromatic carbocycles. The van der Waals surface area contributed by atoms with Gasteiger partial charge in [0.05, 0.1) is 30.1 Å². The number of aliphatic hydroxyl groups excluding tert-OH is 1. The number of nitrogens with one attached hydrogen (secondary N) is 2. The van der Waals surface area contributed by atoms with Crippen LogP contribution in [0.5, 0.6) is 0 Å². The van der Waals surface area contributed by atoms with Crippen molar-refractivity contribution in [1.29, 1.82) is 0 Å². The van der Waals surface area contributed by atoms with Gasteiger partial charge in [-0.25, -0.2) is 4.39 Å². The Balaban J connectivity index is 1.84. The molecule has 0 radical (unpaired) electrons. The van der Waals surface area contributed by atoms with Gasteiger partial charge in [0, 0.05) is 10.6 Å². The van der Waals surface area contributed by atoms with Crippen LogP contribution in [0, 0.1) is 5.82 Å². The Hall–Kier alpha value is -2.70. The highest BCUT2D eigenvalue weighted by molar-refractivity contribution is 6.30. The van der Waals surface area contributed by atoms with E-state index < -0.39 is 17.8 Å². The Kier molecular flexibility index (Phi) is 5.11. The zero-order valence-corrected chi connectivity index (χ0v) is 13.8. The summed E-state index contributed by atoms with van der Waals surface area (Å²) < 4.78 is 13.4. The van der Waals surface area contributed by atoms with E-state index in [1.807, 2.05) is 0 Å². The molecule has 0 spiro atoms. The molecule has 5 nitrogen and oxygen atoms in total. The molecule has 0 saturated heterocycles. The molecule has 0 bridgehead atoms. The normalized spacial score (nSPS) is 12.0. The van der Waals surface area contributed by atoms with E-state index in [-0.39, 0.29) is 12.2 Å². The van der Waals surface area contributed by atoms with Crippen molar-refractivity contribution in [3.63, 3.8) is 0 Å². The Morgan fingerprint density at radius 1 is 1.28 bits per heavy atom. The van der Waals surface area contributed by atoms with Crippen molar-refractivity contribution in [2.45, 2.75) is 6.04 Å². The van der Waals surface area contributed by atoms with Gasteiger partial charge < -0.3 is 10.4 Å². The van der Waals surface area contributed by atoms with Gasteiger partial charge in [0.1, 0.15) is 5.82 Å². The smallest absolute Gasteiger partial charge is 0.255 e. The van der Waals surface area contributed by atoms with Gasteiger partial charge in [-0.05, 0) is 29.8 Å². The molecule has 3 rings (SSSR count). The third-order valence-electron chi connectivity index (χ3n) is 3.76. The van der Waals surface area contributed by atoms with E-state index in [0.717, 1.165) is 5.56 Å². The van der Waals surface area contributed by atoms with Crippen LogP contribution in [0.25, 0.3) is 11.3 Å². The molecule has 3 aromatic rings.